The second-order valence-corrected chi connectivity index (χ2v) is 6.39. The summed E-state index contributed by atoms with van der Waals surface area (Å²) in [4.78, 5) is 10.0. The average molecular weight is 352 g/mol. The van der Waals surface area contributed by atoms with Crippen LogP contribution in [0.25, 0.3) is 0 Å². The molecule has 0 amide bonds. The summed E-state index contributed by atoms with van der Waals surface area (Å²) in [5, 5.41) is 10.6. The Bertz CT molecular complexity index is 562. The molecule has 7 nitrogen and oxygen atoms in total. The lowest BCUT2D eigenvalue weighted by molar-refractivity contribution is -0.385. The molecule has 0 saturated heterocycles. The van der Waals surface area contributed by atoms with Crippen molar-refractivity contribution in [2.75, 3.05) is 13.1 Å². The van der Waals surface area contributed by atoms with Crippen LogP contribution in [0.1, 0.15) is 12.8 Å². The van der Waals surface area contributed by atoms with Crippen molar-refractivity contribution in [1.29, 1.82) is 0 Å². The molecule has 1 rings (SSSR count). The largest absolute Gasteiger partial charge is 0.330 e. The van der Waals surface area contributed by atoms with Crippen LogP contribution in [0.15, 0.2) is 27.6 Å². The Labute approximate surface area is 119 Å². The van der Waals surface area contributed by atoms with Crippen LogP contribution in [-0.4, -0.2) is 26.4 Å². The van der Waals surface area contributed by atoms with Crippen molar-refractivity contribution in [3.63, 3.8) is 0 Å². The number of unbranched alkanes of at least 4 members (excludes halogenated alkanes) is 1. The van der Waals surface area contributed by atoms with Gasteiger partial charge in [-0.3, -0.25) is 10.1 Å². The Morgan fingerprint density at radius 2 is 2.05 bits per heavy atom. The summed E-state index contributed by atoms with van der Waals surface area (Å²) in [7, 11) is -3.65. The van der Waals surface area contributed by atoms with Gasteiger partial charge in [-0.05, 0) is 47.4 Å². The van der Waals surface area contributed by atoms with Crippen LogP contribution in [0.2, 0.25) is 0 Å². The number of hydrogen-bond acceptors (Lipinski definition) is 5. The van der Waals surface area contributed by atoms with Crippen molar-refractivity contribution >= 4 is 31.6 Å². The summed E-state index contributed by atoms with van der Waals surface area (Å²) in [6, 6.07) is 3.57. The number of nitrogens with one attached hydrogen (secondary N) is 1. The van der Waals surface area contributed by atoms with Gasteiger partial charge in [-0.1, -0.05) is 0 Å². The minimum atomic E-state index is -3.65. The molecule has 0 heterocycles. The summed E-state index contributed by atoms with van der Waals surface area (Å²) >= 11 is 2.98. The molecule has 0 aliphatic carbocycles. The van der Waals surface area contributed by atoms with Gasteiger partial charge in [0.05, 0.1) is 14.3 Å². The van der Waals surface area contributed by atoms with Crippen molar-refractivity contribution in [1.82, 2.24) is 4.72 Å². The van der Waals surface area contributed by atoms with Gasteiger partial charge in [-0.15, -0.1) is 0 Å². The molecule has 106 valence electrons. The highest BCUT2D eigenvalue weighted by Gasteiger charge is 2.18. The highest BCUT2D eigenvalue weighted by Crippen LogP contribution is 2.27. The van der Waals surface area contributed by atoms with E-state index < -0.39 is 14.9 Å². The van der Waals surface area contributed by atoms with E-state index in [0.29, 0.717) is 13.0 Å². The fraction of sp³-hybridized carbons (Fsp3) is 0.400. The lowest BCUT2D eigenvalue weighted by Crippen LogP contribution is -2.25. The second-order valence-electron chi connectivity index (χ2n) is 3.76. The second kappa shape index (κ2) is 6.94. The smallest absolute Gasteiger partial charge is 0.283 e. The first-order valence-corrected chi connectivity index (χ1v) is 7.80. The summed E-state index contributed by atoms with van der Waals surface area (Å²) in [5.41, 5.74) is 5.13. The average Bonchev–Trinajstić information content (AvgIpc) is 2.34. The van der Waals surface area contributed by atoms with E-state index in [4.69, 9.17) is 5.73 Å². The van der Waals surface area contributed by atoms with Gasteiger partial charge in [-0.25, -0.2) is 13.1 Å². The van der Waals surface area contributed by atoms with Crippen molar-refractivity contribution in [3.8, 4) is 0 Å². The predicted molar refractivity (Wildman–Crippen MR) is 74.3 cm³/mol. The van der Waals surface area contributed by atoms with Crippen molar-refractivity contribution < 1.29 is 13.3 Å². The molecule has 19 heavy (non-hydrogen) atoms. The van der Waals surface area contributed by atoms with Gasteiger partial charge < -0.3 is 5.73 Å². The SMILES string of the molecule is NCCCCNS(=O)(=O)c1ccc([N+](=O)[O-])c(Br)c1. The van der Waals surface area contributed by atoms with Crippen molar-refractivity contribution in [3.05, 3.63) is 32.8 Å². The molecule has 0 unspecified atom stereocenters. The first-order chi connectivity index (χ1) is 8.88. The van der Waals surface area contributed by atoms with Crippen LogP contribution in [0.3, 0.4) is 0 Å². The van der Waals surface area contributed by atoms with E-state index in [0.717, 1.165) is 12.5 Å². The fourth-order valence-electron chi connectivity index (χ4n) is 1.36. The van der Waals surface area contributed by atoms with Crippen LogP contribution in [0.5, 0.6) is 0 Å². The van der Waals surface area contributed by atoms with E-state index in [1.165, 1.54) is 12.1 Å². The maximum absolute atomic E-state index is 11.9. The summed E-state index contributed by atoms with van der Waals surface area (Å²) in [6.07, 6.45) is 1.37. The fourth-order valence-corrected chi connectivity index (χ4v) is 3.14. The standard InChI is InChI=1S/C10H14BrN3O4S/c11-9-7-8(3-4-10(9)14(15)16)19(17,18)13-6-2-1-5-12/h3-4,7,13H,1-2,5-6,12H2. The maximum atomic E-state index is 11.9. The van der Waals surface area contributed by atoms with Gasteiger partial charge in [0.1, 0.15) is 0 Å². The lowest BCUT2D eigenvalue weighted by Gasteiger charge is -2.06. The third kappa shape index (κ3) is 4.53. The Morgan fingerprint density at radius 3 is 2.58 bits per heavy atom. The molecular formula is C10H14BrN3O4S. The maximum Gasteiger partial charge on any atom is 0.283 e. The number of halogens is 1. The van der Waals surface area contributed by atoms with Crippen LogP contribution in [-0.2, 0) is 10.0 Å². The summed E-state index contributed by atoms with van der Waals surface area (Å²) in [5.74, 6) is 0. The number of nitro groups is 1. The molecule has 0 spiro atoms. The molecule has 0 fully saturated rings. The van der Waals surface area contributed by atoms with Crippen LogP contribution in [0.4, 0.5) is 5.69 Å². The molecule has 0 bridgehead atoms. The van der Waals surface area contributed by atoms with E-state index in [2.05, 4.69) is 20.7 Å². The van der Waals surface area contributed by atoms with Gasteiger partial charge in [0.2, 0.25) is 10.0 Å². The Balaban J connectivity index is 2.84. The Kier molecular flexibility index (Phi) is 5.85. The molecular weight excluding hydrogens is 338 g/mol. The highest BCUT2D eigenvalue weighted by atomic mass is 79.9. The van der Waals surface area contributed by atoms with Crippen molar-refractivity contribution in [2.24, 2.45) is 5.73 Å². The number of nitro benzene ring substituents is 1. The first-order valence-electron chi connectivity index (χ1n) is 5.52. The van der Waals surface area contributed by atoms with E-state index in [9.17, 15) is 18.5 Å². The quantitative estimate of drug-likeness (QED) is 0.437. The van der Waals surface area contributed by atoms with Crippen LogP contribution in [0, 0.1) is 10.1 Å². The number of benzene rings is 1. The molecule has 0 aliphatic heterocycles. The molecule has 3 N–H and O–H groups in total. The number of sulfonamides is 1. The number of nitrogens with zero attached hydrogens (tertiary/aromatic N) is 1. The molecule has 0 atom stereocenters. The topological polar surface area (TPSA) is 115 Å². The highest BCUT2D eigenvalue weighted by molar-refractivity contribution is 9.10. The van der Waals surface area contributed by atoms with E-state index in [1.54, 1.807) is 0 Å². The zero-order valence-corrected chi connectivity index (χ0v) is 12.4. The third-order valence-electron chi connectivity index (χ3n) is 2.35. The molecule has 0 aliphatic rings. The predicted octanol–water partition coefficient (Wildman–Crippen LogP) is 1.37. The third-order valence-corrected chi connectivity index (χ3v) is 4.44. The summed E-state index contributed by atoms with van der Waals surface area (Å²) in [6.45, 7) is 0.791. The van der Waals surface area contributed by atoms with Gasteiger partial charge in [0.15, 0.2) is 0 Å². The molecule has 1 aromatic rings. The minimum Gasteiger partial charge on any atom is -0.330 e. The van der Waals surface area contributed by atoms with Gasteiger partial charge >= 0.3 is 0 Å². The molecule has 0 radical (unpaired) electrons. The van der Waals surface area contributed by atoms with E-state index >= 15 is 0 Å². The minimum absolute atomic E-state index is 0.0160. The monoisotopic (exact) mass is 351 g/mol. The number of nitrogens with two attached hydrogens (primary N) is 1. The Hall–Kier alpha value is -1.03. The van der Waals surface area contributed by atoms with Crippen LogP contribution < -0.4 is 10.5 Å². The molecule has 9 heteroatoms. The number of hydrogen-bond donors (Lipinski definition) is 2. The van der Waals surface area contributed by atoms with E-state index in [1.807, 2.05) is 0 Å². The first kappa shape index (κ1) is 16.0. The van der Waals surface area contributed by atoms with E-state index in [-0.39, 0.29) is 21.6 Å². The summed E-state index contributed by atoms with van der Waals surface area (Å²) < 4.78 is 26.3. The van der Waals surface area contributed by atoms with Gasteiger partial charge in [0, 0.05) is 12.6 Å². The van der Waals surface area contributed by atoms with Crippen molar-refractivity contribution in [2.45, 2.75) is 17.7 Å². The Morgan fingerprint density at radius 1 is 1.37 bits per heavy atom. The zero-order chi connectivity index (χ0) is 14.5. The normalized spacial score (nSPS) is 11.5. The van der Waals surface area contributed by atoms with Gasteiger partial charge in [0.25, 0.3) is 5.69 Å². The van der Waals surface area contributed by atoms with Crippen LogP contribution >= 0.6 is 15.9 Å². The molecule has 0 saturated carbocycles. The van der Waals surface area contributed by atoms with Gasteiger partial charge in [-0.2, -0.15) is 0 Å². The zero-order valence-electron chi connectivity index (χ0n) is 10.0. The number of rotatable bonds is 7. The molecule has 0 aromatic heterocycles. The molecule has 1 aromatic carbocycles. The lowest BCUT2D eigenvalue weighted by atomic mass is 10.3.